The molecule has 0 aliphatic heterocycles. The first-order valence-electron chi connectivity index (χ1n) is 8.39. The molecule has 0 atom stereocenters. The highest BCUT2D eigenvalue weighted by atomic mass is 19.1. The molecule has 0 saturated heterocycles. The van der Waals surface area contributed by atoms with E-state index in [4.69, 9.17) is 4.74 Å². The molecular weight excluding hydrogens is 317 g/mol. The summed E-state index contributed by atoms with van der Waals surface area (Å²) in [6.45, 7) is 8.01. The molecule has 25 heavy (non-hydrogen) atoms. The van der Waals surface area contributed by atoms with Crippen LogP contribution >= 0.6 is 0 Å². The molecule has 0 spiro atoms. The van der Waals surface area contributed by atoms with Gasteiger partial charge in [-0.1, -0.05) is 32.9 Å². The van der Waals surface area contributed by atoms with E-state index in [0.29, 0.717) is 22.4 Å². The Hall–Kier alpha value is -2.53. The molecule has 3 aromatic rings. The fraction of sp³-hybridized carbons (Fsp3) is 0.300. The fourth-order valence-corrected chi connectivity index (χ4v) is 2.79. The summed E-state index contributed by atoms with van der Waals surface area (Å²) in [5, 5.41) is 4.06. The Labute approximate surface area is 147 Å². The van der Waals surface area contributed by atoms with E-state index in [1.165, 1.54) is 6.07 Å². The molecule has 0 amide bonds. The van der Waals surface area contributed by atoms with Gasteiger partial charge in [-0.2, -0.15) is 0 Å². The monoisotopic (exact) mass is 339 g/mol. The van der Waals surface area contributed by atoms with Crippen molar-refractivity contribution in [1.29, 1.82) is 0 Å². The zero-order chi connectivity index (χ0) is 17.9. The van der Waals surface area contributed by atoms with Gasteiger partial charge in [0.1, 0.15) is 22.8 Å². The van der Waals surface area contributed by atoms with Crippen molar-refractivity contribution in [3.05, 3.63) is 60.3 Å². The number of nitrogens with zero attached hydrogens (tertiary/aromatic N) is 2. The number of ether oxygens (including phenoxy) is 1. The first kappa shape index (κ1) is 17.3. The van der Waals surface area contributed by atoms with Crippen molar-refractivity contribution in [3.63, 3.8) is 0 Å². The Morgan fingerprint density at radius 1 is 1.16 bits per heavy atom. The van der Waals surface area contributed by atoms with E-state index >= 15 is 0 Å². The third-order valence-electron chi connectivity index (χ3n) is 4.09. The predicted octanol–water partition coefficient (Wildman–Crippen LogP) is 4.45. The van der Waals surface area contributed by atoms with Gasteiger partial charge in [0.15, 0.2) is 0 Å². The highest BCUT2D eigenvalue weighted by Crippen LogP contribution is 2.33. The topological polar surface area (TPSA) is 47.0 Å². The molecular formula is C20H22FN3O. The van der Waals surface area contributed by atoms with Gasteiger partial charge in [-0.3, -0.25) is 4.98 Å². The van der Waals surface area contributed by atoms with Crippen molar-refractivity contribution in [2.45, 2.75) is 26.2 Å². The van der Waals surface area contributed by atoms with Crippen molar-refractivity contribution in [2.75, 3.05) is 13.1 Å². The van der Waals surface area contributed by atoms with Crippen LogP contribution in [0.15, 0.2) is 48.8 Å². The van der Waals surface area contributed by atoms with E-state index < -0.39 is 0 Å². The molecule has 0 unspecified atom stereocenters. The summed E-state index contributed by atoms with van der Waals surface area (Å²) in [6, 6.07) is 10.4. The number of aromatic nitrogens is 2. The molecule has 1 aromatic carbocycles. The molecule has 0 aliphatic carbocycles. The van der Waals surface area contributed by atoms with Gasteiger partial charge in [-0.05, 0) is 30.8 Å². The second kappa shape index (κ2) is 7.15. The summed E-state index contributed by atoms with van der Waals surface area (Å²) >= 11 is 0. The molecule has 0 fully saturated rings. The minimum absolute atomic E-state index is 0.191. The van der Waals surface area contributed by atoms with Crippen molar-refractivity contribution >= 4 is 10.9 Å². The Kier molecular flexibility index (Phi) is 4.95. The van der Waals surface area contributed by atoms with Crippen molar-refractivity contribution in [1.82, 2.24) is 15.3 Å². The smallest absolute Gasteiger partial charge is 0.149 e. The summed E-state index contributed by atoms with van der Waals surface area (Å²) in [4.78, 5) is 8.72. The normalized spacial score (nSPS) is 11.7. The molecule has 0 radical (unpaired) electrons. The van der Waals surface area contributed by atoms with Crippen LogP contribution in [0.2, 0.25) is 0 Å². The van der Waals surface area contributed by atoms with Crippen LogP contribution in [0.4, 0.5) is 4.39 Å². The number of halogens is 1. The molecule has 4 nitrogen and oxygen atoms in total. The molecule has 5 heteroatoms. The lowest BCUT2D eigenvalue weighted by molar-refractivity contribution is 0.417. The Balaban J connectivity index is 1.93. The minimum Gasteiger partial charge on any atom is -0.454 e. The summed E-state index contributed by atoms with van der Waals surface area (Å²) in [7, 11) is 0. The number of pyridine rings is 2. The molecule has 1 N–H and O–H groups in total. The van der Waals surface area contributed by atoms with E-state index in [0.717, 1.165) is 18.8 Å². The van der Waals surface area contributed by atoms with E-state index in [1.54, 1.807) is 24.5 Å². The number of para-hydroxylation sites is 1. The van der Waals surface area contributed by atoms with Crippen LogP contribution in [0.1, 0.15) is 26.5 Å². The number of benzene rings is 1. The van der Waals surface area contributed by atoms with Crippen molar-refractivity contribution < 1.29 is 9.13 Å². The van der Waals surface area contributed by atoms with Gasteiger partial charge in [0.25, 0.3) is 0 Å². The van der Waals surface area contributed by atoms with Crippen LogP contribution in [0, 0.1) is 5.82 Å². The summed E-state index contributed by atoms with van der Waals surface area (Å²) < 4.78 is 19.8. The number of hydrogen-bond donors (Lipinski definition) is 1. The number of rotatable bonds is 6. The molecule has 0 aliphatic rings. The van der Waals surface area contributed by atoms with Gasteiger partial charge < -0.3 is 10.1 Å². The highest BCUT2D eigenvalue weighted by Gasteiger charge is 2.26. The van der Waals surface area contributed by atoms with Gasteiger partial charge in [0.2, 0.25) is 0 Å². The maximum atomic E-state index is 13.8. The van der Waals surface area contributed by atoms with Crippen LogP contribution < -0.4 is 10.1 Å². The first-order chi connectivity index (χ1) is 12.0. The second-order valence-corrected chi connectivity index (χ2v) is 6.60. The molecule has 2 heterocycles. The summed E-state index contributed by atoms with van der Waals surface area (Å²) in [5.74, 6) is 0.910. The van der Waals surface area contributed by atoms with E-state index in [2.05, 4.69) is 36.1 Å². The number of nitrogens with one attached hydrogen (secondary N) is 1. The van der Waals surface area contributed by atoms with E-state index in [1.807, 2.05) is 18.2 Å². The quantitative estimate of drug-likeness (QED) is 0.721. The molecule has 2 aromatic heterocycles. The SMILES string of the molecule is CCNCC(C)(C)c1ncccc1Oc1cnc2c(F)cccc2c1. The van der Waals surface area contributed by atoms with Crippen LogP contribution in [-0.2, 0) is 5.41 Å². The number of hydrogen-bond acceptors (Lipinski definition) is 4. The summed E-state index contributed by atoms with van der Waals surface area (Å²) in [5.41, 5.74) is 1.02. The van der Waals surface area contributed by atoms with Gasteiger partial charge in [0.05, 0.1) is 11.9 Å². The number of fused-ring (bicyclic) bond motifs is 1. The van der Waals surface area contributed by atoms with Gasteiger partial charge in [0, 0.05) is 23.5 Å². The van der Waals surface area contributed by atoms with Gasteiger partial charge >= 0.3 is 0 Å². The average Bonchev–Trinajstić information content (AvgIpc) is 2.60. The number of likely N-dealkylation sites (N-methyl/N-ethyl adjacent to an activating group) is 1. The molecule has 0 bridgehead atoms. The maximum absolute atomic E-state index is 13.8. The van der Waals surface area contributed by atoms with E-state index in [9.17, 15) is 4.39 Å². The standard InChI is InChI=1S/C20H22FN3O/c1-4-22-13-20(2,3)19-17(9-6-10-23-19)25-15-11-14-7-5-8-16(21)18(14)24-12-15/h5-12,22H,4,13H2,1-3H3. The lowest BCUT2D eigenvalue weighted by Crippen LogP contribution is -2.33. The van der Waals surface area contributed by atoms with Crippen molar-refractivity contribution in [2.24, 2.45) is 0 Å². The molecule has 0 saturated carbocycles. The third kappa shape index (κ3) is 3.77. The maximum Gasteiger partial charge on any atom is 0.149 e. The average molecular weight is 339 g/mol. The van der Waals surface area contributed by atoms with Crippen LogP contribution in [-0.4, -0.2) is 23.1 Å². The van der Waals surface area contributed by atoms with Crippen LogP contribution in [0.5, 0.6) is 11.5 Å². The van der Waals surface area contributed by atoms with Gasteiger partial charge in [-0.15, -0.1) is 0 Å². The zero-order valence-electron chi connectivity index (χ0n) is 14.7. The highest BCUT2D eigenvalue weighted by molar-refractivity contribution is 5.80. The second-order valence-electron chi connectivity index (χ2n) is 6.60. The zero-order valence-corrected chi connectivity index (χ0v) is 14.7. The van der Waals surface area contributed by atoms with Crippen LogP contribution in [0.3, 0.4) is 0 Å². The minimum atomic E-state index is -0.335. The fourth-order valence-electron chi connectivity index (χ4n) is 2.79. The van der Waals surface area contributed by atoms with Crippen molar-refractivity contribution in [3.8, 4) is 11.5 Å². The lowest BCUT2D eigenvalue weighted by Gasteiger charge is -2.26. The van der Waals surface area contributed by atoms with E-state index in [-0.39, 0.29) is 11.2 Å². The largest absolute Gasteiger partial charge is 0.454 e. The predicted molar refractivity (Wildman–Crippen MR) is 97.6 cm³/mol. The molecule has 130 valence electrons. The Morgan fingerprint density at radius 2 is 2.00 bits per heavy atom. The third-order valence-corrected chi connectivity index (χ3v) is 4.09. The Bertz CT molecular complexity index is 880. The van der Waals surface area contributed by atoms with Crippen LogP contribution in [0.25, 0.3) is 10.9 Å². The summed E-state index contributed by atoms with van der Waals surface area (Å²) in [6.07, 6.45) is 3.31. The Morgan fingerprint density at radius 3 is 2.80 bits per heavy atom. The lowest BCUT2D eigenvalue weighted by atomic mass is 9.88. The van der Waals surface area contributed by atoms with Gasteiger partial charge in [-0.25, -0.2) is 9.37 Å². The first-order valence-corrected chi connectivity index (χ1v) is 8.39. The molecule has 3 rings (SSSR count).